The summed E-state index contributed by atoms with van der Waals surface area (Å²) >= 11 is 0. The lowest BCUT2D eigenvalue weighted by atomic mass is 9.97. The van der Waals surface area contributed by atoms with Crippen LogP contribution in [0.2, 0.25) is 0 Å². The Kier molecular flexibility index (Phi) is 3.07. The van der Waals surface area contributed by atoms with E-state index in [0.717, 1.165) is 5.56 Å². The van der Waals surface area contributed by atoms with Crippen molar-refractivity contribution in [2.75, 3.05) is 0 Å². The summed E-state index contributed by atoms with van der Waals surface area (Å²) < 4.78 is 0. The Morgan fingerprint density at radius 3 is 2.25 bits per heavy atom. The minimum absolute atomic E-state index is 0.400. The molecule has 1 unspecified atom stereocenters. The van der Waals surface area contributed by atoms with E-state index in [9.17, 15) is 5.11 Å². The van der Waals surface area contributed by atoms with Crippen molar-refractivity contribution in [3.63, 3.8) is 0 Å². The van der Waals surface area contributed by atoms with Crippen LogP contribution in [-0.2, 0) is 0 Å². The quantitative estimate of drug-likeness (QED) is 0.804. The normalized spacial score (nSPS) is 12.4. The van der Waals surface area contributed by atoms with Gasteiger partial charge in [-0.15, -0.1) is 0 Å². The predicted octanol–water partition coefficient (Wildman–Crippen LogP) is 3.72. The molecule has 16 heavy (non-hydrogen) atoms. The molecule has 0 aliphatic carbocycles. The van der Waals surface area contributed by atoms with Gasteiger partial charge in [0.15, 0.2) is 0 Å². The molecule has 2 aromatic rings. The molecule has 1 atom stereocenters. The topological polar surface area (TPSA) is 20.2 Å². The fourth-order valence-electron chi connectivity index (χ4n) is 1.89. The third kappa shape index (κ3) is 2.15. The van der Waals surface area contributed by atoms with Crippen molar-refractivity contribution in [2.24, 2.45) is 0 Å². The average molecular weight is 212 g/mol. The van der Waals surface area contributed by atoms with Crippen LogP contribution in [0.1, 0.15) is 24.2 Å². The van der Waals surface area contributed by atoms with Gasteiger partial charge in [-0.05, 0) is 36.1 Å². The van der Waals surface area contributed by atoms with Gasteiger partial charge in [0.05, 0.1) is 6.10 Å². The molecular formula is C15H16O. The highest BCUT2D eigenvalue weighted by molar-refractivity contribution is 5.67. The zero-order chi connectivity index (χ0) is 11.5. The van der Waals surface area contributed by atoms with Gasteiger partial charge in [-0.25, -0.2) is 0 Å². The van der Waals surface area contributed by atoms with E-state index in [1.54, 1.807) is 6.92 Å². The first-order valence-electron chi connectivity index (χ1n) is 5.52. The van der Waals surface area contributed by atoms with E-state index in [-0.39, 0.29) is 0 Å². The Morgan fingerprint density at radius 2 is 1.69 bits per heavy atom. The summed E-state index contributed by atoms with van der Waals surface area (Å²) in [6.07, 6.45) is -0.400. The molecule has 0 bridgehead atoms. The SMILES string of the molecule is Cc1cc(C(C)O)ccc1-c1ccccc1. The summed E-state index contributed by atoms with van der Waals surface area (Å²) in [5.74, 6) is 0. The lowest BCUT2D eigenvalue weighted by Crippen LogP contribution is -1.92. The Hall–Kier alpha value is -1.60. The van der Waals surface area contributed by atoms with E-state index in [1.165, 1.54) is 16.7 Å². The molecule has 82 valence electrons. The minimum atomic E-state index is -0.400. The van der Waals surface area contributed by atoms with Gasteiger partial charge in [0.1, 0.15) is 0 Å². The molecule has 0 amide bonds. The minimum Gasteiger partial charge on any atom is -0.389 e. The van der Waals surface area contributed by atoms with Crippen LogP contribution < -0.4 is 0 Å². The molecule has 1 nitrogen and oxygen atoms in total. The number of aliphatic hydroxyl groups excluding tert-OH is 1. The van der Waals surface area contributed by atoms with Gasteiger partial charge < -0.3 is 5.11 Å². The molecule has 1 heteroatoms. The number of benzene rings is 2. The first kappa shape index (κ1) is 10.9. The Labute approximate surface area is 96.4 Å². The summed E-state index contributed by atoms with van der Waals surface area (Å²) in [4.78, 5) is 0. The highest BCUT2D eigenvalue weighted by Gasteiger charge is 2.05. The number of aliphatic hydroxyl groups is 1. The maximum absolute atomic E-state index is 9.51. The van der Waals surface area contributed by atoms with Gasteiger partial charge in [0.2, 0.25) is 0 Å². The van der Waals surface area contributed by atoms with E-state index in [0.29, 0.717) is 0 Å². The van der Waals surface area contributed by atoms with Gasteiger partial charge in [0.25, 0.3) is 0 Å². The Balaban J connectivity index is 2.45. The van der Waals surface area contributed by atoms with Crippen molar-refractivity contribution in [1.82, 2.24) is 0 Å². The van der Waals surface area contributed by atoms with Gasteiger partial charge in [-0.3, -0.25) is 0 Å². The maximum atomic E-state index is 9.51. The fourth-order valence-corrected chi connectivity index (χ4v) is 1.89. The second kappa shape index (κ2) is 4.50. The van der Waals surface area contributed by atoms with E-state index < -0.39 is 6.10 Å². The number of aryl methyl sites for hydroxylation is 1. The van der Waals surface area contributed by atoms with E-state index in [4.69, 9.17) is 0 Å². The zero-order valence-electron chi connectivity index (χ0n) is 9.64. The van der Waals surface area contributed by atoms with Crippen molar-refractivity contribution in [3.05, 3.63) is 59.7 Å². The third-order valence-electron chi connectivity index (χ3n) is 2.82. The predicted molar refractivity (Wildman–Crippen MR) is 67.2 cm³/mol. The first-order valence-corrected chi connectivity index (χ1v) is 5.52. The van der Waals surface area contributed by atoms with E-state index >= 15 is 0 Å². The standard InChI is InChI=1S/C15H16O/c1-11-10-14(12(2)16)8-9-15(11)13-6-4-3-5-7-13/h3-10,12,16H,1-2H3. The number of hydrogen-bond donors (Lipinski definition) is 1. The van der Waals surface area contributed by atoms with Crippen LogP contribution in [0.4, 0.5) is 0 Å². The van der Waals surface area contributed by atoms with Crippen LogP contribution in [0.25, 0.3) is 11.1 Å². The molecule has 1 N–H and O–H groups in total. The second-order valence-corrected chi connectivity index (χ2v) is 4.12. The largest absolute Gasteiger partial charge is 0.389 e. The van der Waals surface area contributed by atoms with Crippen LogP contribution >= 0.6 is 0 Å². The van der Waals surface area contributed by atoms with Crippen molar-refractivity contribution < 1.29 is 5.11 Å². The van der Waals surface area contributed by atoms with Crippen molar-refractivity contribution >= 4 is 0 Å². The smallest absolute Gasteiger partial charge is 0.0762 e. The molecule has 0 saturated carbocycles. The second-order valence-electron chi connectivity index (χ2n) is 4.12. The molecule has 0 radical (unpaired) electrons. The third-order valence-corrected chi connectivity index (χ3v) is 2.82. The zero-order valence-corrected chi connectivity index (χ0v) is 9.64. The summed E-state index contributed by atoms with van der Waals surface area (Å²) in [5.41, 5.74) is 4.61. The highest BCUT2D eigenvalue weighted by Crippen LogP contribution is 2.25. The molecule has 0 spiro atoms. The molecular weight excluding hydrogens is 196 g/mol. The Bertz CT molecular complexity index is 472. The molecule has 0 aliphatic rings. The maximum Gasteiger partial charge on any atom is 0.0762 e. The van der Waals surface area contributed by atoms with Gasteiger partial charge in [-0.1, -0.05) is 48.5 Å². The molecule has 0 fully saturated rings. The number of rotatable bonds is 2. The van der Waals surface area contributed by atoms with Crippen LogP contribution in [0.3, 0.4) is 0 Å². The van der Waals surface area contributed by atoms with Gasteiger partial charge in [-0.2, -0.15) is 0 Å². The van der Waals surface area contributed by atoms with Crippen LogP contribution in [0.15, 0.2) is 48.5 Å². The van der Waals surface area contributed by atoms with E-state index in [2.05, 4.69) is 25.1 Å². The molecule has 0 saturated heterocycles. The van der Waals surface area contributed by atoms with Crippen molar-refractivity contribution in [1.29, 1.82) is 0 Å². The molecule has 2 rings (SSSR count). The average Bonchev–Trinajstić information content (AvgIpc) is 2.30. The van der Waals surface area contributed by atoms with Crippen LogP contribution in [0.5, 0.6) is 0 Å². The highest BCUT2D eigenvalue weighted by atomic mass is 16.3. The summed E-state index contributed by atoms with van der Waals surface area (Å²) in [7, 11) is 0. The summed E-state index contributed by atoms with van der Waals surface area (Å²) in [6.45, 7) is 3.87. The lowest BCUT2D eigenvalue weighted by molar-refractivity contribution is 0.199. The van der Waals surface area contributed by atoms with Gasteiger partial charge in [0, 0.05) is 0 Å². The molecule has 0 aromatic heterocycles. The van der Waals surface area contributed by atoms with Crippen LogP contribution in [0, 0.1) is 6.92 Å². The first-order chi connectivity index (χ1) is 7.68. The Morgan fingerprint density at radius 1 is 1.00 bits per heavy atom. The summed E-state index contributed by atoms with van der Waals surface area (Å²) in [5, 5.41) is 9.51. The molecule has 0 aliphatic heterocycles. The van der Waals surface area contributed by atoms with Crippen LogP contribution in [-0.4, -0.2) is 5.11 Å². The monoisotopic (exact) mass is 212 g/mol. The fraction of sp³-hybridized carbons (Fsp3) is 0.200. The molecule has 0 heterocycles. The number of hydrogen-bond acceptors (Lipinski definition) is 1. The van der Waals surface area contributed by atoms with Crippen molar-refractivity contribution in [3.8, 4) is 11.1 Å². The molecule has 2 aromatic carbocycles. The summed E-state index contributed by atoms with van der Waals surface area (Å²) in [6, 6.07) is 16.4. The van der Waals surface area contributed by atoms with E-state index in [1.807, 2.05) is 30.3 Å². The lowest BCUT2D eigenvalue weighted by Gasteiger charge is -2.10. The van der Waals surface area contributed by atoms with Gasteiger partial charge >= 0.3 is 0 Å². The van der Waals surface area contributed by atoms with Crippen molar-refractivity contribution in [2.45, 2.75) is 20.0 Å².